The Bertz CT molecular complexity index is 369. The SMILES string of the molecule is CCNCc1oc(CN(C)CC2CCC2)cc1C. The lowest BCUT2D eigenvalue weighted by molar-refractivity contribution is 0.190. The summed E-state index contributed by atoms with van der Waals surface area (Å²) in [5.74, 6) is 3.11. The Hall–Kier alpha value is -0.800. The first-order valence-corrected chi connectivity index (χ1v) is 7.16. The highest BCUT2D eigenvalue weighted by Crippen LogP contribution is 2.27. The first-order valence-electron chi connectivity index (χ1n) is 7.16. The van der Waals surface area contributed by atoms with Crippen molar-refractivity contribution in [1.82, 2.24) is 10.2 Å². The van der Waals surface area contributed by atoms with Crippen LogP contribution in [0.3, 0.4) is 0 Å². The molecule has 1 fully saturated rings. The zero-order chi connectivity index (χ0) is 13.0. The zero-order valence-corrected chi connectivity index (χ0v) is 12.0. The van der Waals surface area contributed by atoms with E-state index in [0.717, 1.165) is 37.1 Å². The van der Waals surface area contributed by atoms with Gasteiger partial charge in [-0.1, -0.05) is 13.3 Å². The van der Waals surface area contributed by atoms with Gasteiger partial charge in [-0.15, -0.1) is 0 Å². The van der Waals surface area contributed by atoms with Crippen LogP contribution in [0.2, 0.25) is 0 Å². The topological polar surface area (TPSA) is 28.4 Å². The number of rotatable bonds is 7. The van der Waals surface area contributed by atoms with E-state index in [-0.39, 0.29) is 0 Å². The van der Waals surface area contributed by atoms with Crippen molar-refractivity contribution in [2.24, 2.45) is 5.92 Å². The summed E-state index contributed by atoms with van der Waals surface area (Å²) < 4.78 is 5.92. The van der Waals surface area contributed by atoms with E-state index in [2.05, 4.69) is 37.2 Å². The summed E-state index contributed by atoms with van der Waals surface area (Å²) in [6.45, 7) is 8.22. The van der Waals surface area contributed by atoms with E-state index in [0.29, 0.717) is 0 Å². The van der Waals surface area contributed by atoms with Crippen LogP contribution in [-0.2, 0) is 13.1 Å². The van der Waals surface area contributed by atoms with E-state index in [9.17, 15) is 0 Å². The Morgan fingerprint density at radius 2 is 2.22 bits per heavy atom. The predicted molar refractivity (Wildman–Crippen MR) is 74.5 cm³/mol. The molecule has 0 spiro atoms. The molecule has 0 atom stereocenters. The molecular formula is C15H26N2O. The third kappa shape index (κ3) is 3.59. The van der Waals surface area contributed by atoms with Crippen molar-refractivity contribution < 1.29 is 4.42 Å². The molecule has 1 N–H and O–H groups in total. The van der Waals surface area contributed by atoms with Crippen LogP contribution in [0, 0.1) is 12.8 Å². The molecule has 0 amide bonds. The molecule has 0 unspecified atom stereocenters. The number of nitrogens with zero attached hydrogens (tertiary/aromatic N) is 1. The van der Waals surface area contributed by atoms with E-state index in [1.165, 1.54) is 31.4 Å². The minimum Gasteiger partial charge on any atom is -0.463 e. The van der Waals surface area contributed by atoms with E-state index in [4.69, 9.17) is 4.42 Å². The minimum absolute atomic E-state index is 0.842. The smallest absolute Gasteiger partial charge is 0.120 e. The van der Waals surface area contributed by atoms with Crippen LogP contribution in [-0.4, -0.2) is 25.0 Å². The first kappa shape index (κ1) is 13.6. The molecule has 1 aromatic heterocycles. The molecule has 1 saturated carbocycles. The summed E-state index contributed by atoms with van der Waals surface area (Å²) in [7, 11) is 2.19. The van der Waals surface area contributed by atoms with Gasteiger partial charge < -0.3 is 9.73 Å². The minimum atomic E-state index is 0.842. The lowest BCUT2D eigenvalue weighted by Crippen LogP contribution is -2.28. The van der Waals surface area contributed by atoms with E-state index >= 15 is 0 Å². The van der Waals surface area contributed by atoms with Crippen LogP contribution in [0.25, 0.3) is 0 Å². The fourth-order valence-corrected chi connectivity index (χ4v) is 2.53. The maximum Gasteiger partial charge on any atom is 0.120 e. The molecular weight excluding hydrogens is 224 g/mol. The van der Waals surface area contributed by atoms with Crippen molar-refractivity contribution in [1.29, 1.82) is 0 Å². The standard InChI is InChI=1S/C15H26N2O/c1-4-16-9-15-12(2)8-14(18-15)11-17(3)10-13-6-5-7-13/h8,13,16H,4-7,9-11H2,1-3H3. The van der Waals surface area contributed by atoms with Gasteiger partial charge in [-0.05, 0) is 50.9 Å². The Labute approximate surface area is 111 Å². The summed E-state index contributed by atoms with van der Waals surface area (Å²) in [6, 6.07) is 2.18. The third-order valence-corrected chi connectivity index (χ3v) is 3.83. The van der Waals surface area contributed by atoms with Crippen LogP contribution < -0.4 is 5.32 Å². The number of hydrogen-bond acceptors (Lipinski definition) is 3. The van der Waals surface area contributed by atoms with Gasteiger partial charge in [-0.2, -0.15) is 0 Å². The largest absolute Gasteiger partial charge is 0.463 e. The molecule has 2 rings (SSSR count). The number of furan rings is 1. The van der Waals surface area contributed by atoms with Crippen molar-refractivity contribution in [2.45, 2.75) is 46.2 Å². The average molecular weight is 250 g/mol. The Balaban J connectivity index is 1.84. The van der Waals surface area contributed by atoms with Crippen molar-refractivity contribution in [3.8, 4) is 0 Å². The van der Waals surface area contributed by atoms with Gasteiger partial charge in [0.2, 0.25) is 0 Å². The Morgan fingerprint density at radius 3 is 2.83 bits per heavy atom. The van der Waals surface area contributed by atoms with Crippen molar-refractivity contribution in [2.75, 3.05) is 20.1 Å². The highest BCUT2D eigenvalue weighted by Gasteiger charge is 2.19. The van der Waals surface area contributed by atoms with Gasteiger partial charge in [0.05, 0.1) is 13.1 Å². The molecule has 0 bridgehead atoms. The molecule has 3 heteroatoms. The Morgan fingerprint density at radius 1 is 1.44 bits per heavy atom. The summed E-state index contributed by atoms with van der Waals surface area (Å²) in [5, 5.41) is 3.32. The van der Waals surface area contributed by atoms with Gasteiger partial charge in [0.1, 0.15) is 11.5 Å². The van der Waals surface area contributed by atoms with Crippen LogP contribution >= 0.6 is 0 Å². The molecule has 0 aliphatic heterocycles. The van der Waals surface area contributed by atoms with Crippen LogP contribution in [0.1, 0.15) is 43.3 Å². The van der Waals surface area contributed by atoms with E-state index in [1.54, 1.807) is 0 Å². The molecule has 1 heterocycles. The maximum atomic E-state index is 5.92. The second-order valence-electron chi connectivity index (χ2n) is 5.59. The molecule has 0 aromatic carbocycles. The summed E-state index contributed by atoms with van der Waals surface area (Å²) in [6.07, 6.45) is 4.24. The molecule has 1 aromatic rings. The first-order chi connectivity index (χ1) is 8.69. The normalized spacial score (nSPS) is 16.2. The molecule has 102 valence electrons. The van der Waals surface area contributed by atoms with Gasteiger partial charge in [-0.25, -0.2) is 0 Å². The lowest BCUT2D eigenvalue weighted by atomic mass is 9.85. The van der Waals surface area contributed by atoms with Gasteiger partial charge >= 0.3 is 0 Å². The average Bonchev–Trinajstić information content (AvgIpc) is 2.61. The van der Waals surface area contributed by atoms with Crippen molar-refractivity contribution >= 4 is 0 Å². The molecule has 0 radical (unpaired) electrons. The molecule has 1 aliphatic carbocycles. The van der Waals surface area contributed by atoms with Crippen LogP contribution in [0.4, 0.5) is 0 Å². The van der Waals surface area contributed by atoms with E-state index < -0.39 is 0 Å². The summed E-state index contributed by atoms with van der Waals surface area (Å²) in [4.78, 5) is 2.39. The van der Waals surface area contributed by atoms with Crippen molar-refractivity contribution in [3.63, 3.8) is 0 Å². The molecule has 18 heavy (non-hydrogen) atoms. The summed E-state index contributed by atoms with van der Waals surface area (Å²) >= 11 is 0. The quantitative estimate of drug-likeness (QED) is 0.806. The second-order valence-corrected chi connectivity index (χ2v) is 5.59. The maximum absolute atomic E-state index is 5.92. The monoisotopic (exact) mass is 250 g/mol. The molecule has 0 saturated heterocycles. The fraction of sp³-hybridized carbons (Fsp3) is 0.733. The van der Waals surface area contributed by atoms with E-state index in [1.807, 2.05) is 0 Å². The predicted octanol–water partition coefficient (Wildman–Crippen LogP) is 2.93. The molecule has 3 nitrogen and oxygen atoms in total. The fourth-order valence-electron chi connectivity index (χ4n) is 2.53. The van der Waals surface area contributed by atoms with Gasteiger partial charge in [0.25, 0.3) is 0 Å². The molecule has 1 aliphatic rings. The number of aryl methyl sites for hydroxylation is 1. The van der Waals surface area contributed by atoms with Gasteiger partial charge in [-0.3, -0.25) is 4.90 Å². The summed E-state index contributed by atoms with van der Waals surface area (Å²) in [5.41, 5.74) is 1.27. The van der Waals surface area contributed by atoms with Crippen LogP contribution in [0.5, 0.6) is 0 Å². The second kappa shape index (κ2) is 6.39. The highest BCUT2D eigenvalue weighted by atomic mass is 16.3. The van der Waals surface area contributed by atoms with Gasteiger partial charge in [0, 0.05) is 6.54 Å². The highest BCUT2D eigenvalue weighted by molar-refractivity contribution is 5.20. The number of nitrogens with one attached hydrogen (secondary N) is 1. The third-order valence-electron chi connectivity index (χ3n) is 3.83. The van der Waals surface area contributed by atoms with Gasteiger partial charge in [0.15, 0.2) is 0 Å². The lowest BCUT2D eigenvalue weighted by Gasteiger charge is -2.29. The Kier molecular flexibility index (Phi) is 4.84. The number of hydrogen-bond donors (Lipinski definition) is 1. The van der Waals surface area contributed by atoms with Crippen LogP contribution in [0.15, 0.2) is 10.5 Å². The van der Waals surface area contributed by atoms with Crippen molar-refractivity contribution in [3.05, 3.63) is 23.2 Å². The zero-order valence-electron chi connectivity index (χ0n) is 12.0.